The fourth-order valence-electron chi connectivity index (χ4n) is 1.92. The molecule has 0 N–H and O–H groups in total. The predicted molar refractivity (Wildman–Crippen MR) is 83.9 cm³/mol. The third-order valence-electron chi connectivity index (χ3n) is 2.90. The minimum Gasteiger partial charge on any atom is -0.241 e. The van der Waals surface area contributed by atoms with E-state index in [9.17, 15) is 5.26 Å². The van der Waals surface area contributed by atoms with E-state index in [-0.39, 0.29) is 0 Å². The van der Waals surface area contributed by atoms with Crippen LogP contribution in [0.3, 0.4) is 0 Å². The summed E-state index contributed by atoms with van der Waals surface area (Å²) < 4.78 is 1.79. The molecule has 0 aliphatic heterocycles. The highest BCUT2D eigenvalue weighted by Crippen LogP contribution is 2.21. The van der Waals surface area contributed by atoms with Crippen molar-refractivity contribution in [2.45, 2.75) is 6.92 Å². The number of aromatic nitrogens is 3. The van der Waals surface area contributed by atoms with Gasteiger partial charge in [-0.15, -0.1) is 11.3 Å². The van der Waals surface area contributed by atoms with Gasteiger partial charge in [-0.3, -0.25) is 0 Å². The summed E-state index contributed by atoms with van der Waals surface area (Å²) in [4.78, 5) is 4.34. The predicted octanol–water partition coefficient (Wildman–Crippen LogP) is 3.70. The molecule has 0 bridgehead atoms. The van der Waals surface area contributed by atoms with Crippen LogP contribution in [0.5, 0.6) is 0 Å². The molecule has 5 heteroatoms. The van der Waals surface area contributed by atoms with Gasteiger partial charge in [-0.05, 0) is 25.1 Å². The van der Waals surface area contributed by atoms with Crippen molar-refractivity contribution in [2.75, 3.05) is 0 Å². The minimum atomic E-state index is 0.556. The first-order valence-corrected chi connectivity index (χ1v) is 7.28. The summed E-state index contributed by atoms with van der Waals surface area (Å²) in [5.74, 6) is 0. The molecule has 1 aromatic carbocycles. The van der Waals surface area contributed by atoms with Crippen molar-refractivity contribution in [2.24, 2.45) is 0 Å². The van der Waals surface area contributed by atoms with Gasteiger partial charge in [0.05, 0.1) is 17.5 Å². The van der Waals surface area contributed by atoms with Crippen LogP contribution in [-0.2, 0) is 0 Å². The zero-order valence-electron chi connectivity index (χ0n) is 11.4. The average Bonchev–Trinajstić information content (AvgIpc) is 3.15. The summed E-state index contributed by atoms with van der Waals surface area (Å²) in [6, 6.07) is 12.1. The molecular formula is C16H12N4S. The molecule has 21 heavy (non-hydrogen) atoms. The van der Waals surface area contributed by atoms with Gasteiger partial charge in [0.1, 0.15) is 11.1 Å². The third kappa shape index (κ3) is 2.91. The van der Waals surface area contributed by atoms with Crippen molar-refractivity contribution in [1.82, 2.24) is 14.8 Å². The van der Waals surface area contributed by atoms with Crippen LogP contribution in [0.4, 0.5) is 0 Å². The summed E-state index contributed by atoms with van der Waals surface area (Å²) >= 11 is 1.48. The van der Waals surface area contributed by atoms with Crippen LogP contribution in [0.25, 0.3) is 17.3 Å². The molecule has 0 fully saturated rings. The summed E-state index contributed by atoms with van der Waals surface area (Å²) in [5, 5.41) is 16.3. The Morgan fingerprint density at radius 3 is 2.81 bits per heavy atom. The fraction of sp³-hybridized carbons (Fsp3) is 0.0625. The number of allylic oxidation sites excluding steroid dienone is 1. The topological polar surface area (TPSA) is 54.5 Å². The van der Waals surface area contributed by atoms with Crippen LogP contribution < -0.4 is 0 Å². The van der Waals surface area contributed by atoms with Crippen molar-refractivity contribution in [3.63, 3.8) is 0 Å². The third-order valence-corrected chi connectivity index (χ3v) is 3.90. The van der Waals surface area contributed by atoms with Crippen molar-refractivity contribution in [3.05, 3.63) is 64.4 Å². The van der Waals surface area contributed by atoms with E-state index in [0.29, 0.717) is 5.57 Å². The van der Waals surface area contributed by atoms with E-state index in [0.717, 1.165) is 22.0 Å². The summed E-state index contributed by atoms with van der Waals surface area (Å²) in [7, 11) is 0. The Kier molecular flexibility index (Phi) is 3.63. The van der Waals surface area contributed by atoms with Gasteiger partial charge in [-0.25, -0.2) is 9.67 Å². The highest BCUT2D eigenvalue weighted by atomic mass is 32.1. The number of rotatable bonds is 3. The van der Waals surface area contributed by atoms with E-state index in [1.165, 1.54) is 11.3 Å². The summed E-state index contributed by atoms with van der Waals surface area (Å²) in [6.07, 6.45) is 5.45. The van der Waals surface area contributed by atoms with Gasteiger partial charge in [0.15, 0.2) is 0 Å². The van der Waals surface area contributed by atoms with E-state index >= 15 is 0 Å². The molecule has 0 aliphatic carbocycles. The first-order chi connectivity index (χ1) is 10.3. The molecular weight excluding hydrogens is 280 g/mol. The Morgan fingerprint density at radius 1 is 1.33 bits per heavy atom. The van der Waals surface area contributed by atoms with E-state index in [1.807, 2.05) is 54.9 Å². The standard InChI is InChI=1S/C16H12N4S/c1-12-11-21-16(19-12)14(8-17)7-13-9-18-20(10-13)15-5-3-2-4-6-15/h2-7,9-11H,1H3. The zero-order valence-corrected chi connectivity index (χ0v) is 12.2. The summed E-state index contributed by atoms with van der Waals surface area (Å²) in [5.41, 5.74) is 3.35. The molecule has 3 aromatic rings. The molecule has 0 radical (unpaired) electrons. The number of benzene rings is 1. The van der Waals surface area contributed by atoms with Gasteiger partial charge >= 0.3 is 0 Å². The average molecular weight is 292 g/mol. The van der Waals surface area contributed by atoms with Crippen molar-refractivity contribution >= 4 is 23.0 Å². The molecule has 3 rings (SSSR count). The number of nitrogens with zero attached hydrogens (tertiary/aromatic N) is 4. The van der Waals surface area contributed by atoms with Crippen molar-refractivity contribution < 1.29 is 0 Å². The Morgan fingerprint density at radius 2 is 2.14 bits per heavy atom. The first kappa shape index (κ1) is 13.3. The van der Waals surface area contributed by atoms with Gasteiger partial charge in [0.2, 0.25) is 0 Å². The number of para-hydroxylation sites is 1. The molecule has 0 spiro atoms. The number of hydrogen-bond acceptors (Lipinski definition) is 4. The van der Waals surface area contributed by atoms with Crippen LogP contribution in [0.15, 0.2) is 48.1 Å². The van der Waals surface area contributed by atoms with Crippen LogP contribution in [-0.4, -0.2) is 14.8 Å². The van der Waals surface area contributed by atoms with Gasteiger partial charge in [-0.2, -0.15) is 10.4 Å². The first-order valence-electron chi connectivity index (χ1n) is 6.40. The quantitative estimate of drug-likeness (QED) is 0.692. The molecule has 2 aromatic heterocycles. The summed E-state index contributed by atoms with van der Waals surface area (Å²) in [6.45, 7) is 1.92. The second kappa shape index (κ2) is 5.73. The van der Waals surface area contributed by atoms with Gasteiger partial charge in [0.25, 0.3) is 0 Å². The monoisotopic (exact) mass is 292 g/mol. The highest BCUT2D eigenvalue weighted by Gasteiger charge is 2.07. The molecule has 102 valence electrons. The largest absolute Gasteiger partial charge is 0.241 e. The molecule has 0 unspecified atom stereocenters. The molecule has 0 saturated heterocycles. The maximum atomic E-state index is 9.30. The maximum Gasteiger partial charge on any atom is 0.134 e. The van der Waals surface area contributed by atoms with Crippen LogP contribution in [0, 0.1) is 18.3 Å². The fourth-order valence-corrected chi connectivity index (χ4v) is 2.68. The lowest BCUT2D eigenvalue weighted by Crippen LogP contribution is -1.92. The van der Waals surface area contributed by atoms with E-state index in [2.05, 4.69) is 16.2 Å². The van der Waals surface area contributed by atoms with Crippen molar-refractivity contribution in [3.8, 4) is 11.8 Å². The lowest BCUT2D eigenvalue weighted by molar-refractivity contribution is 0.880. The highest BCUT2D eigenvalue weighted by molar-refractivity contribution is 7.11. The van der Waals surface area contributed by atoms with Gasteiger partial charge in [-0.1, -0.05) is 18.2 Å². The smallest absolute Gasteiger partial charge is 0.134 e. The Hall–Kier alpha value is -2.71. The van der Waals surface area contributed by atoms with Crippen LogP contribution in [0.1, 0.15) is 16.3 Å². The van der Waals surface area contributed by atoms with E-state index < -0.39 is 0 Å². The molecule has 4 nitrogen and oxygen atoms in total. The molecule has 0 saturated carbocycles. The van der Waals surface area contributed by atoms with Crippen LogP contribution in [0.2, 0.25) is 0 Å². The number of thiazole rings is 1. The second-order valence-electron chi connectivity index (χ2n) is 4.52. The zero-order chi connectivity index (χ0) is 14.7. The normalized spacial score (nSPS) is 11.3. The molecule has 0 amide bonds. The Labute approximate surface area is 126 Å². The van der Waals surface area contributed by atoms with Crippen molar-refractivity contribution in [1.29, 1.82) is 5.26 Å². The SMILES string of the molecule is Cc1csc(C(C#N)=Cc2cnn(-c3ccccc3)c2)n1. The molecule has 2 heterocycles. The molecule has 0 atom stereocenters. The Balaban J connectivity index is 1.93. The lowest BCUT2D eigenvalue weighted by atomic mass is 10.2. The maximum absolute atomic E-state index is 9.30. The van der Waals surface area contributed by atoms with Crippen LogP contribution >= 0.6 is 11.3 Å². The van der Waals surface area contributed by atoms with E-state index in [4.69, 9.17) is 0 Å². The lowest BCUT2D eigenvalue weighted by Gasteiger charge is -1.98. The van der Waals surface area contributed by atoms with Gasteiger partial charge < -0.3 is 0 Å². The Bertz CT molecular complexity index is 821. The second-order valence-corrected chi connectivity index (χ2v) is 5.38. The number of hydrogen-bond donors (Lipinski definition) is 0. The molecule has 0 aliphatic rings. The minimum absolute atomic E-state index is 0.556. The number of aryl methyl sites for hydroxylation is 1. The van der Waals surface area contributed by atoms with E-state index in [1.54, 1.807) is 10.9 Å². The number of nitriles is 1. The van der Waals surface area contributed by atoms with Gasteiger partial charge in [0, 0.05) is 22.8 Å².